The van der Waals surface area contributed by atoms with Gasteiger partial charge in [-0.05, 0) is 43.6 Å². The van der Waals surface area contributed by atoms with Gasteiger partial charge in [0.2, 0.25) is 0 Å². The molecule has 1 aromatic heterocycles. The number of aliphatic hydroxyl groups is 1. The van der Waals surface area contributed by atoms with Crippen LogP contribution in [-0.2, 0) is 23.2 Å². The molecule has 1 aromatic carbocycles. The molecule has 6 heteroatoms. The van der Waals surface area contributed by atoms with Crippen molar-refractivity contribution in [3.8, 4) is 0 Å². The van der Waals surface area contributed by atoms with Gasteiger partial charge in [0, 0.05) is 25.2 Å². The van der Waals surface area contributed by atoms with Crippen LogP contribution in [-0.4, -0.2) is 35.9 Å². The summed E-state index contributed by atoms with van der Waals surface area (Å²) in [7, 11) is 0. The number of carbonyl (C=O) groups excluding carboxylic acids is 1. The zero-order valence-corrected chi connectivity index (χ0v) is 15.4. The fraction of sp³-hybridized carbons (Fsp3) is 0.524. The van der Waals surface area contributed by atoms with Crippen molar-refractivity contribution in [3.05, 3.63) is 52.9 Å². The van der Waals surface area contributed by atoms with Crippen molar-refractivity contribution in [2.45, 2.75) is 44.1 Å². The maximum Gasteiger partial charge on any atom is 0.273 e. The molecule has 1 aliphatic heterocycles. The largest absolute Gasteiger partial charge is 0.383 e. The number of hydrogen-bond acceptors (Lipinski definition) is 5. The quantitative estimate of drug-likeness (QED) is 0.845. The molecule has 0 spiro atoms. The summed E-state index contributed by atoms with van der Waals surface area (Å²) >= 11 is 0. The number of hydrogen-bond donors (Lipinski definition) is 2. The van der Waals surface area contributed by atoms with Gasteiger partial charge in [0.25, 0.3) is 5.91 Å². The molecule has 0 bridgehead atoms. The Labute approximate surface area is 158 Å². The van der Waals surface area contributed by atoms with Gasteiger partial charge < -0.3 is 19.7 Å². The van der Waals surface area contributed by atoms with Crippen LogP contribution in [0.3, 0.4) is 0 Å². The highest BCUT2D eigenvalue weighted by Gasteiger charge is 2.40. The summed E-state index contributed by atoms with van der Waals surface area (Å²) in [4.78, 5) is 12.8. The first kappa shape index (κ1) is 18.2. The van der Waals surface area contributed by atoms with E-state index < -0.39 is 5.60 Å². The van der Waals surface area contributed by atoms with Gasteiger partial charge in [0.15, 0.2) is 5.69 Å². The number of aromatic nitrogens is 1. The monoisotopic (exact) mass is 370 g/mol. The Morgan fingerprint density at radius 3 is 2.70 bits per heavy atom. The molecular weight excluding hydrogens is 344 g/mol. The van der Waals surface area contributed by atoms with E-state index in [1.807, 2.05) is 30.3 Å². The van der Waals surface area contributed by atoms with Gasteiger partial charge in [-0.15, -0.1) is 0 Å². The third-order valence-electron chi connectivity index (χ3n) is 5.85. The maximum atomic E-state index is 12.8. The molecule has 4 rings (SSSR count). The lowest BCUT2D eigenvalue weighted by Gasteiger charge is -2.39. The predicted molar refractivity (Wildman–Crippen MR) is 99.4 cm³/mol. The molecule has 6 nitrogen and oxygen atoms in total. The highest BCUT2D eigenvalue weighted by atomic mass is 16.5. The molecule has 1 aliphatic carbocycles. The van der Waals surface area contributed by atoms with Crippen LogP contribution < -0.4 is 5.32 Å². The summed E-state index contributed by atoms with van der Waals surface area (Å²) in [5, 5.41) is 18.5. The molecule has 1 amide bonds. The normalized spacial score (nSPS) is 19.9. The van der Waals surface area contributed by atoms with Crippen LogP contribution in [0.1, 0.15) is 53.1 Å². The zero-order valence-electron chi connectivity index (χ0n) is 15.4. The molecule has 2 aliphatic rings. The summed E-state index contributed by atoms with van der Waals surface area (Å²) in [5.41, 5.74) is 0.976. The van der Waals surface area contributed by atoms with Crippen LogP contribution in [0.15, 0.2) is 34.9 Å². The molecule has 2 aromatic rings. The molecular formula is C21H26N2O4. The van der Waals surface area contributed by atoms with Crippen molar-refractivity contribution in [1.82, 2.24) is 10.5 Å². The van der Waals surface area contributed by atoms with E-state index in [4.69, 9.17) is 9.26 Å². The molecule has 0 unspecified atom stereocenters. The van der Waals surface area contributed by atoms with Gasteiger partial charge in [-0.2, -0.15) is 0 Å². The minimum absolute atomic E-state index is 0.0279. The molecule has 0 saturated carbocycles. The topological polar surface area (TPSA) is 84.6 Å². The standard InChI is InChI=1S/C21H26N2O4/c24-20(19-17-8-4-5-9-18(17)27-23-19)22-14-21(25,15-6-2-1-3-7-15)16-10-12-26-13-11-16/h1-3,6-7,16,25H,4-5,8-14H2,(H,22,24)/t21-/m1/s1. The number of fused-ring (bicyclic) bond motifs is 1. The summed E-state index contributed by atoms with van der Waals surface area (Å²) in [5.74, 6) is 0.581. The van der Waals surface area contributed by atoms with Crippen molar-refractivity contribution < 1.29 is 19.2 Å². The molecule has 2 N–H and O–H groups in total. The van der Waals surface area contributed by atoms with Crippen LogP contribution in [0, 0.1) is 5.92 Å². The third-order valence-corrected chi connectivity index (χ3v) is 5.85. The number of amides is 1. The number of nitrogens with zero attached hydrogens (tertiary/aromatic N) is 1. The molecule has 1 atom stereocenters. The van der Waals surface area contributed by atoms with E-state index in [1.165, 1.54) is 0 Å². The van der Waals surface area contributed by atoms with Crippen LogP contribution in [0.5, 0.6) is 0 Å². The van der Waals surface area contributed by atoms with Gasteiger partial charge in [0.1, 0.15) is 11.4 Å². The molecule has 1 saturated heterocycles. The fourth-order valence-corrected chi connectivity index (χ4v) is 4.25. The Morgan fingerprint density at radius 2 is 1.93 bits per heavy atom. The van der Waals surface area contributed by atoms with Crippen molar-refractivity contribution in [2.24, 2.45) is 5.92 Å². The number of carbonyl (C=O) groups is 1. The second kappa shape index (κ2) is 7.82. The molecule has 27 heavy (non-hydrogen) atoms. The summed E-state index contributed by atoms with van der Waals surface area (Å²) in [6.07, 6.45) is 5.31. The Hall–Kier alpha value is -2.18. The van der Waals surface area contributed by atoms with Crippen LogP contribution in [0.4, 0.5) is 0 Å². The Bertz CT molecular complexity index is 783. The van der Waals surface area contributed by atoms with Gasteiger partial charge in [-0.1, -0.05) is 35.5 Å². The van der Waals surface area contributed by atoms with E-state index in [1.54, 1.807) is 0 Å². The Morgan fingerprint density at radius 1 is 1.19 bits per heavy atom. The van der Waals surface area contributed by atoms with Crippen molar-refractivity contribution in [1.29, 1.82) is 0 Å². The summed E-state index contributed by atoms with van der Waals surface area (Å²) in [6.45, 7) is 1.40. The summed E-state index contributed by atoms with van der Waals surface area (Å²) < 4.78 is 10.8. The number of benzene rings is 1. The minimum Gasteiger partial charge on any atom is -0.383 e. The average Bonchev–Trinajstić information content (AvgIpc) is 3.17. The first-order valence-corrected chi connectivity index (χ1v) is 9.80. The van der Waals surface area contributed by atoms with E-state index >= 15 is 0 Å². The number of ether oxygens (including phenoxy) is 1. The van der Waals surface area contributed by atoms with E-state index in [0.29, 0.717) is 18.9 Å². The fourth-order valence-electron chi connectivity index (χ4n) is 4.25. The van der Waals surface area contributed by atoms with Crippen LogP contribution in [0.2, 0.25) is 0 Å². The Balaban J connectivity index is 1.53. The van der Waals surface area contributed by atoms with E-state index in [9.17, 15) is 9.90 Å². The predicted octanol–water partition coefficient (Wildman–Crippen LogP) is 2.60. The van der Waals surface area contributed by atoms with Crippen LogP contribution >= 0.6 is 0 Å². The maximum absolute atomic E-state index is 12.8. The lowest BCUT2D eigenvalue weighted by molar-refractivity contribution is -0.0680. The summed E-state index contributed by atoms with van der Waals surface area (Å²) in [6, 6.07) is 9.58. The number of nitrogens with one attached hydrogen (secondary N) is 1. The molecule has 2 heterocycles. The number of rotatable bonds is 5. The highest BCUT2D eigenvalue weighted by molar-refractivity contribution is 5.93. The van der Waals surface area contributed by atoms with Crippen LogP contribution in [0.25, 0.3) is 0 Å². The first-order chi connectivity index (χ1) is 13.2. The zero-order chi connectivity index (χ0) is 18.7. The lowest BCUT2D eigenvalue weighted by atomic mass is 9.77. The third kappa shape index (κ3) is 3.64. The van der Waals surface area contributed by atoms with E-state index in [2.05, 4.69) is 10.5 Å². The molecule has 1 fully saturated rings. The molecule has 0 radical (unpaired) electrons. The lowest BCUT2D eigenvalue weighted by Crippen LogP contribution is -2.48. The van der Waals surface area contributed by atoms with Crippen molar-refractivity contribution in [3.63, 3.8) is 0 Å². The average molecular weight is 370 g/mol. The second-order valence-electron chi connectivity index (χ2n) is 7.50. The SMILES string of the molecule is O=C(NC[C@@](O)(c1ccccc1)C1CCOCC1)c1noc2c1CCCC2. The smallest absolute Gasteiger partial charge is 0.273 e. The van der Waals surface area contributed by atoms with E-state index in [-0.39, 0.29) is 18.4 Å². The second-order valence-corrected chi connectivity index (χ2v) is 7.50. The first-order valence-electron chi connectivity index (χ1n) is 9.80. The van der Waals surface area contributed by atoms with E-state index in [0.717, 1.165) is 55.4 Å². The highest BCUT2D eigenvalue weighted by Crippen LogP contribution is 2.36. The van der Waals surface area contributed by atoms with Gasteiger partial charge in [-0.25, -0.2) is 0 Å². The van der Waals surface area contributed by atoms with Gasteiger partial charge >= 0.3 is 0 Å². The minimum atomic E-state index is -1.13. The molecule has 144 valence electrons. The number of aryl methyl sites for hydroxylation is 1. The van der Waals surface area contributed by atoms with Crippen molar-refractivity contribution >= 4 is 5.91 Å². The van der Waals surface area contributed by atoms with Gasteiger partial charge in [-0.3, -0.25) is 4.79 Å². The Kier molecular flexibility index (Phi) is 5.27. The van der Waals surface area contributed by atoms with Gasteiger partial charge in [0.05, 0.1) is 6.54 Å². The van der Waals surface area contributed by atoms with Crippen molar-refractivity contribution in [2.75, 3.05) is 19.8 Å².